The average molecular weight is 231 g/mol. The molecule has 0 spiro atoms. The van der Waals surface area contributed by atoms with Crippen LogP contribution < -0.4 is 0 Å². The summed E-state index contributed by atoms with van der Waals surface area (Å²) in [5.41, 5.74) is 1.60. The van der Waals surface area contributed by atoms with Crippen LogP contribution in [0.5, 0.6) is 0 Å². The first-order chi connectivity index (χ1) is 8.19. The van der Waals surface area contributed by atoms with Crippen LogP contribution in [0.15, 0.2) is 30.7 Å². The quantitative estimate of drug-likeness (QED) is 0.747. The van der Waals surface area contributed by atoms with E-state index in [-0.39, 0.29) is 12.4 Å². The van der Waals surface area contributed by atoms with Crippen molar-refractivity contribution in [2.45, 2.75) is 13.3 Å². The van der Waals surface area contributed by atoms with Gasteiger partial charge in [-0.05, 0) is 19.1 Å². The normalized spacial score (nSPS) is 10.2. The van der Waals surface area contributed by atoms with E-state index >= 15 is 0 Å². The maximum Gasteiger partial charge on any atom is 0.311 e. The molecule has 0 radical (unpaired) electrons. The topological polar surface area (TPSA) is 57.0 Å². The van der Waals surface area contributed by atoms with Crippen LogP contribution in [0, 0.1) is 6.92 Å². The molecule has 5 heteroatoms. The summed E-state index contributed by atoms with van der Waals surface area (Å²) in [6.45, 7) is 1.93. The second kappa shape index (κ2) is 4.78. The van der Waals surface area contributed by atoms with E-state index in [1.807, 2.05) is 25.1 Å². The van der Waals surface area contributed by atoms with Crippen molar-refractivity contribution in [2.24, 2.45) is 0 Å². The Balaban J connectivity index is 2.21. The molecule has 2 aromatic rings. The number of hydrogen-bond acceptors (Lipinski definition) is 4. The van der Waals surface area contributed by atoms with Crippen LogP contribution in [0.25, 0.3) is 5.82 Å². The second-order valence-corrected chi connectivity index (χ2v) is 3.66. The van der Waals surface area contributed by atoms with Crippen molar-refractivity contribution < 1.29 is 9.53 Å². The van der Waals surface area contributed by atoms with Gasteiger partial charge in [-0.15, -0.1) is 0 Å². The summed E-state index contributed by atoms with van der Waals surface area (Å²) in [4.78, 5) is 19.6. The first-order valence-electron chi connectivity index (χ1n) is 5.23. The molecular formula is C12H13N3O2. The van der Waals surface area contributed by atoms with Gasteiger partial charge in [0.2, 0.25) is 0 Å². The molecule has 0 bridgehead atoms. The number of ether oxygens (including phenoxy) is 1. The lowest BCUT2D eigenvalue weighted by Gasteiger charge is -2.00. The third-order valence-electron chi connectivity index (χ3n) is 2.33. The maximum atomic E-state index is 11.1. The van der Waals surface area contributed by atoms with Crippen molar-refractivity contribution in [1.29, 1.82) is 0 Å². The Kier molecular flexibility index (Phi) is 3.18. The monoisotopic (exact) mass is 231 g/mol. The van der Waals surface area contributed by atoms with Gasteiger partial charge in [-0.1, -0.05) is 6.07 Å². The van der Waals surface area contributed by atoms with Gasteiger partial charge in [0.15, 0.2) is 0 Å². The third-order valence-corrected chi connectivity index (χ3v) is 2.33. The molecule has 17 heavy (non-hydrogen) atoms. The van der Waals surface area contributed by atoms with Crippen molar-refractivity contribution in [2.75, 3.05) is 7.11 Å². The smallest absolute Gasteiger partial charge is 0.311 e. The van der Waals surface area contributed by atoms with E-state index in [4.69, 9.17) is 0 Å². The molecule has 0 amide bonds. The Hall–Kier alpha value is -2.17. The first-order valence-corrected chi connectivity index (χ1v) is 5.23. The Labute approximate surface area is 99.1 Å². The van der Waals surface area contributed by atoms with Gasteiger partial charge in [0.25, 0.3) is 0 Å². The van der Waals surface area contributed by atoms with E-state index in [0.717, 1.165) is 11.5 Å². The molecule has 0 aromatic carbocycles. The summed E-state index contributed by atoms with van der Waals surface area (Å²) in [5, 5.41) is 0. The van der Waals surface area contributed by atoms with Crippen LogP contribution >= 0.6 is 0 Å². The van der Waals surface area contributed by atoms with E-state index < -0.39 is 0 Å². The van der Waals surface area contributed by atoms with Crippen molar-refractivity contribution in [3.8, 4) is 5.82 Å². The molecule has 2 aromatic heterocycles. The van der Waals surface area contributed by atoms with Crippen LogP contribution in [0.2, 0.25) is 0 Å². The number of aryl methyl sites for hydroxylation is 1. The van der Waals surface area contributed by atoms with E-state index in [0.29, 0.717) is 5.69 Å². The van der Waals surface area contributed by atoms with Gasteiger partial charge in [0.05, 0.1) is 19.2 Å². The van der Waals surface area contributed by atoms with Gasteiger partial charge < -0.3 is 4.74 Å². The Morgan fingerprint density at radius 1 is 1.47 bits per heavy atom. The molecule has 88 valence electrons. The lowest BCUT2D eigenvalue weighted by atomic mass is 10.3. The molecule has 0 saturated heterocycles. The fourth-order valence-electron chi connectivity index (χ4n) is 1.47. The molecule has 2 heterocycles. The molecule has 0 unspecified atom stereocenters. The number of esters is 1. The van der Waals surface area contributed by atoms with Gasteiger partial charge in [0.1, 0.15) is 12.1 Å². The van der Waals surface area contributed by atoms with Crippen molar-refractivity contribution in [3.05, 3.63) is 42.1 Å². The minimum absolute atomic E-state index is 0.176. The SMILES string of the molecule is COC(=O)Cc1cn(-c2cccc(C)n2)cn1. The molecule has 0 N–H and O–H groups in total. The highest BCUT2D eigenvalue weighted by molar-refractivity contribution is 5.71. The van der Waals surface area contributed by atoms with Crippen LogP contribution in [0.1, 0.15) is 11.4 Å². The van der Waals surface area contributed by atoms with Crippen molar-refractivity contribution >= 4 is 5.97 Å². The highest BCUT2D eigenvalue weighted by atomic mass is 16.5. The fourth-order valence-corrected chi connectivity index (χ4v) is 1.47. The summed E-state index contributed by atoms with van der Waals surface area (Å²) in [6.07, 6.45) is 3.59. The van der Waals surface area contributed by atoms with E-state index in [1.54, 1.807) is 17.1 Å². The zero-order valence-corrected chi connectivity index (χ0v) is 9.75. The molecule has 0 aliphatic rings. The first kappa shape index (κ1) is 11.3. The van der Waals surface area contributed by atoms with Crippen LogP contribution in [-0.2, 0) is 16.0 Å². The van der Waals surface area contributed by atoms with Gasteiger partial charge in [0, 0.05) is 11.9 Å². The molecule has 0 fully saturated rings. The number of carbonyl (C=O) groups excluding carboxylic acids is 1. The van der Waals surface area contributed by atoms with Crippen LogP contribution in [-0.4, -0.2) is 27.6 Å². The van der Waals surface area contributed by atoms with Crippen molar-refractivity contribution in [3.63, 3.8) is 0 Å². The number of methoxy groups -OCH3 is 1. The van der Waals surface area contributed by atoms with E-state index in [2.05, 4.69) is 14.7 Å². The Morgan fingerprint density at radius 2 is 2.29 bits per heavy atom. The summed E-state index contributed by atoms with van der Waals surface area (Å²) in [7, 11) is 1.36. The minimum Gasteiger partial charge on any atom is -0.469 e. The van der Waals surface area contributed by atoms with Gasteiger partial charge in [-0.25, -0.2) is 9.97 Å². The highest BCUT2D eigenvalue weighted by Gasteiger charge is 2.07. The van der Waals surface area contributed by atoms with Crippen LogP contribution in [0.4, 0.5) is 0 Å². The van der Waals surface area contributed by atoms with Gasteiger partial charge >= 0.3 is 5.97 Å². The average Bonchev–Trinajstić information content (AvgIpc) is 2.77. The zero-order valence-electron chi connectivity index (χ0n) is 9.75. The minimum atomic E-state index is -0.299. The molecule has 0 aliphatic heterocycles. The molecule has 2 rings (SSSR count). The third kappa shape index (κ3) is 2.69. The number of rotatable bonds is 3. The predicted octanol–water partition coefficient (Wildman–Crippen LogP) is 1.29. The van der Waals surface area contributed by atoms with E-state index in [1.165, 1.54) is 7.11 Å². The number of hydrogen-bond donors (Lipinski definition) is 0. The predicted molar refractivity (Wildman–Crippen MR) is 61.8 cm³/mol. The maximum absolute atomic E-state index is 11.1. The Morgan fingerprint density at radius 3 is 3.00 bits per heavy atom. The summed E-state index contributed by atoms with van der Waals surface area (Å²) in [5.74, 6) is 0.487. The molecule has 0 aliphatic carbocycles. The zero-order chi connectivity index (χ0) is 12.3. The Bertz CT molecular complexity index is 534. The fraction of sp³-hybridized carbons (Fsp3) is 0.250. The lowest BCUT2D eigenvalue weighted by Crippen LogP contribution is -2.04. The molecular weight excluding hydrogens is 218 g/mol. The van der Waals surface area contributed by atoms with Gasteiger partial charge in [-0.3, -0.25) is 9.36 Å². The molecule has 0 atom stereocenters. The summed E-state index contributed by atoms with van der Waals surface area (Å²) in [6, 6.07) is 5.74. The number of pyridine rings is 1. The molecule has 5 nitrogen and oxygen atoms in total. The van der Waals surface area contributed by atoms with E-state index in [9.17, 15) is 4.79 Å². The standard InChI is InChI=1S/C12H13N3O2/c1-9-4-3-5-11(14-9)15-7-10(13-8-15)6-12(16)17-2/h3-5,7-8H,6H2,1-2H3. The summed E-state index contributed by atoms with van der Waals surface area (Å²) < 4.78 is 6.37. The highest BCUT2D eigenvalue weighted by Crippen LogP contribution is 2.07. The number of aromatic nitrogens is 3. The summed E-state index contributed by atoms with van der Waals surface area (Å²) >= 11 is 0. The molecule has 0 saturated carbocycles. The second-order valence-electron chi connectivity index (χ2n) is 3.66. The largest absolute Gasteiger partial charge is 0.469 e. The van der Waals surface area contributed by atoms with Gasteiger partial charge in [-0.2, -0.15) is 0 Å². The lowest BCUT2D eigenvalue weighted by molar-refractivity contribution is -0.139. The number of carbonyl (C=O) groups is 1. The van der Waals surface area contributed by atoms with Crippen LogP contribution in [0.3, 0.4) is 0 Å². The number of nitrogens with zero attached hydrogens (tertiary/aromatic N) is 3. The van der Waals surface area contributed by atoms with Crippen molar-refractivity contribution in [1.82, 2.24) is 14.5 Å². The number of imidazole rings is 1.